The Hall–Kier alpha value is -0.740. The first-order valence-electron chi connectivity index (χ1n) is 3.20. The SMILES string of the molecule is C#Cc1c(C)sc(C)c1C. The highest BCUT2D eigenvalue weighted by Crippen LogP contribution is 2.25. The van der Waals surface area contributed by atoms with E-state index in [0.717, 1.165) is 5.56 Å². The Morgan fingerprint density at radius 1 is 1.20 bits per heavy atom. The van der Waals surface area contributed by atoms with Crippen molar-refractivity contribution in [3.63, 3.8) is 0 Å². The number of hydrogen-bond donors (Lipinski definition) is 0. The van der Waals surface area contributed by atoms with Gasteiger partial charge < -0.3 is 0 Å². The Morgan fingerprint density at radius 2 is 1.80 bits per heavy atom. The van der Waals surface area contributed by atoms with Crippen molar-refractivity contribution in [3.8, 4) is 12.3 Å². The van der Waals surface area contributed by atoms with E-state index in [1.165, 1.54) is 15.3 Å². The predicted octanol–water partition coefficient (Wildman–Crippen LogP) is 2.65. The lowest BCUT2D eigenvalue weighted by Crippen LogP contribution is -1.76. The van der Waals surface area contributed by atoms with Gasteiger partial charge in [-0.2, -0.15) is 0 Å². The van der Waals surface area contributed by atoms with Crippen molar-refractivity contribution in [1.82, 2.24) is 0 Å². The van der Waals surface area contributed by atoms with Crippen LogP contribution in [0.25, 0.3) is 0 Å². The fraction of sp³-hybridized carbons (Fsp3) is 0.333. The third-order valence-corrected chi connectivity index (χ3v) is 2.83. The van der Waals surface area contributed by atoms with Gasteiger partial charge in [0.15, 0.2) is 0 Å². The number of rotatable bonds is 0. The Kier molecular flexibility index (Phi) is 1.82. The van der Waals surface area contributed by atoms with Gasteiger partial charge in [-0.25, -0.2) is 0 Å². The van der Waals surface area contributed by atoms with Gasteiger partial charge in [-0.15, -0.1) is 17.8 Å². The molecule has 0 N–H and O–H groups in total. The van der Waals surface area contributed by atoms with Crippen molar-refractivity contribution in [3.05, 3.63) is 20.9 Å². The molecule has 0 aliphatic carbocycles. The summed E-state index contributed by atoms with van der Waals surface area (Å²) < 4.78 is 0. The maximum atomic E-state index is 5.32. The summed E-state index contributed by atoms with van der Waals surface area (Å²) in [5.41, 5.74) is 2.35. The first-order chi connectivity index (χ1) is 4.66. The van der Waals surface area contributed by atoms with Gasteiger partial charge in [0.1, 0.15) is 0 Å². The Morgan fingerprint density at radius 3 is 2.00 bits per heavy atom. The zero-order valence-corrected chi connectivity index (χ0v) is 7.30. The zero-order valence-electron chi connectivity index (χ0n) is 6.49. The fourth-order valence-electron chi connectivity index (χ4n) is 1.01. The number of thiophene rings is 1. The molecular weight excluding hydrogens is 140 g/mol. The summed E-state index contributed by atoms with van der Waals surface area (Å²) in [7, 11) is 0. The van der Waals surface area contributed by atoms with Crippen molar-refractivity contribution in [1.29, 1.82) is 0 Å². The monoisotopic (exact) mass is 150 g/mol. The largest absolute Gasteiger partial charge is 0.144 e. The minimum Gasteiger partial charge on any atom is -0.144 e. The Balaban J connectivity index is 3.37. The summed E-state index contributed by atoms with van der Waals surface area (Å²) in [6.45, 7) is 6.25. The molecule has 0 aliphatic heterocycles. The van der Waals surface area contributed by atoms with Gasteiger partial charge in [0.2, 0.25) is 0 Å². The summed E-state index contributed by atoms with van der Waals surface area (Å²) >= 11 is 1.78. The van der Waals surface area contributed by atoms with E-state index in [4.69, 9.17) is 6.42 Å². The van der Waals surface area contributed by atoms with Crippen LogP contribution in [0.4, 0.5) is 0 Å². The minimum absolute atomic E-state index is 1.09. The average Bonchev–Trinajstić information content (AvgIpc) is 2.09. The van der Waals surface area contributed by atoms with Gasteiger partial charge >= 0.3 is 0 Å². The molecule has 1 rings (SSSR count). The molecule has 0 spiro atoms. The highest BCUT2D eigenvalue weighted by molar-refractivity contribution is 7.12. The van der Waals surface area contributed by atoms with E-state index in [0.29, 0.717) is 0 Å². The standard InChI is InChI=1S/C9H10S/c1-5-9-6(2)7(3)10-8(9)4/h1H,2-4H3. The number of terminal acetylenes is 1. The van der Waals surface area contributed by atoms with Crippen molar-refractivity contribution < 1.29 is 0 Å². The summed E-state index contributed by atoms with van der Waals surface area (Å²) in [4.78, 5) is 2.60. The van der Waals surface area contributed by atoms with Gasteiger partial charge in [0.25, 0.3) is 0 Å². The molecule has 0 saturated heterocycles. The van der Waals surface area contributed by atoms with Crippen LogP contribution in [-0.2, 0) is 0 Å². The van der Waals surface area contributed by atoms with Crippen LogP contribution in [-0.4, -0.2) is 0 Å². The molecule has 1 aromatic rings. The molecule has 0 aliphatic rings. The van der Waals surface area contributed by atoms with E-state index in [-0.39, 0.29) is 0 Å². The predicted molar refractivity (Wildman–Crippen MR) is 46.5 cm³/mol. The van der Waals surface area contributed by atoms with Crippen LogP contribution in [0, 0.1) is 33.1 Å². The lowest BCUT2D eigenvalue weighted by Gasteiger charge is -1.88. The van der Waals surface area contributed by atoms with Gasteiger partial charge in [0.05, 0.1) is 0 Å². The topological polar surface area (TPSA) is 0 Å². The maximum Gasteiger partial charge on any atom is 0.0410 e. The smallest absolute Gasteiger partial charge is 0.0410 e. The van der Waals surface area contributed by atoms with E-state index in [1.807, 2.05) is 0 Å². The normalized spacial score (nSPS) is 9.40. The van der Waals surface area contributed by atoms with E-state index >= 15 is 0 Å². The molecule has 10 heavy (non-hydrogen) atoms. The summed E-state index contributed by atoms with van der Waals surface area (Å²) in [6.07, 6.45) is 5.32. The Bertz CT molecular complexity index is 286. The van der Waals surface area contributed by atoms with Crippen LogP contribution in [0.2, 0.25) is 0 Å². The average molecular weight is 150 g/mol. The van der Waals surface area contributed by atoms with Crippen molar-refractivity contribution in [2.24, 2.45) is 0 Å². The first kappa shape index (κ1) is 7.37. The summed E-state index contributed by atoms with van der Waals surface area (Å²) in [6, 6.07) is 0. The van der Waals surface area contributed by atoms with E-state index in [1.54, 1.807) is 11.3 Å². The molecule has 1 heterocycles. The second-order valence-corrected chi connectivity index (χ2v) is 3.79. The number of aryl methyl sites for hydroxylation is 2. The molecule has 0 atom stereocenters. The fourth-order valence-corrected chi connectivity index (χ4v) is 2.04. The molecule has 0 nitrogen and oxygen atoms in total. The molecule has 0 saturated carbocycles. The molecule has 1 aromatic heterocycles. The van der Waals surface area contributed by atoms with E-state index < -0.39 is 0 Å². The van der Waals surface area contributed by atoms with Crippen LogP contribution in [0.15, 0.2) is 0 Å². The first-order valence-corrected chi connectivity index (χ1v) is 4.01. The molecule has 52 valence electrons. The lowest BCUT2D eigenvalue weighted by molar-refractivity contribution is 1.40. The quantitative estimate of drug-likeness (QED) is 0.499. The number of hydrogen-bond acceptors (Lipinski definition) is 1. The van der Waals surface area contributed by atoms with Crippen molar-refractivity contribution >= 4 is 11.3 Å². The molecule has 0 aromatic carbocycles. The van der Waals surface area contributed by atoms with Gasteiger partial charge in [-0.1, -0.05) is 5.92 Å². The minimum atomic E-state index is 1.09. The third-order valence-electron chi connectivity index (χ3n) is 1.71. The molecule has 1 heteroatoms. The second kappa shape index (κ2) is 2.48. The van der Waals surface area contributed by atoms with Crippen LogP contribution in [0.3, 0.4) is 0 Å². The molecule has 0 bridgehead atoms. The molecule has 0 amide bonds. The zero-order chi connectivity index (χ0) is 7.72. The Labute approximate surface area is 65.9 Å². The van der Waals surface area contributed by atoms with Crippen molar-refractivity contribution in [2.75, 3.05) is 0 Å². The molecular formula is C9H10S. The van der Waals surface area contributed by atoms with Crippen LogP contribution in [0.5, 0.6) is 0 Å². The lowest BCUT2D eigenvalue weighted by atomic mass is 10.1. The molecule has 0 radical (unpaired) electrons. The van der Waals surface area contributed by atoms with Crippen molar-refractivity contribution in [2.45, 2.75) is 20.8 Å². The molecule has 0 fully saturated rings. The summed E-state index contributed by atoms with van der Waals surface area (Å²) in [5, 5.41) is 0. The van der Waals surface area contributed by atoms with Gasteiger partial charge in [-0.05, 0) is 26.3 Å². The maximum absolute atomic E-state index is 5.32. The van der Waals surface area contributed by atoms with E-state index in [2.05, 4.69) is 26.7 Å². The molecule has 0 unspecified atom stereocenters. The van der Waals surface area contributed by atoms with Gasteiger partial charge in [0, 0.05) is 15.3 Å². The third kappa shape index (κ3) is 0.955. The van der Waals surface area contributed by atoms with Gasteiger partial charge in [-0.3, -0.25) is 0 Å². The van der Waals surface area contributed by atoms with Crippen LogP contribution in [0.1, 0.15) is 20.9 Å². The van der Waals surface area contributed by atoms with E-state index in [9.17, 15) is 0 Å². The van der Waals surface area contributed by atoms with Crippen LogP contribution >= 0.6 is 11.3 Å². The highest BCUT2D eigenvalue weighted by Gasteiger charge is 2.04. The summed E-state index contributed by atoms with van der Waals surface area (Å²) in [5.74, 6) is 2.69. The second-order valence-electron chi connectivity index (χ2n) is 2.36. The van der Waals surface area contributed by atoms with Crippen LogP contribution < -0.4 is 0 Å². The highest BCUT2D eigenvalue weighted by atomic mass is 32.1.